The van der Waals surface area contributed by atoms with Crippen LogP contribution in [0.5, 0.6) is 0 Å². The first-order valence-electron chi connectivity index (χ1n) is 6.50. The normalized spacial score (nSPS) is 10.7. The minimum absolute atomic E-state index is 0.151. The molecule has 1 heterocycles. The molecule has 3 nitrogen and oxygen atoms in total. The molecular weight excluding hydrogens is 250 g/mol. The number of carbonyl (C=O) groups excluding carboxylic acids is 1. The van der Waals surface area contributed by atoms with Crippen molar-refractivity contribution >= 4 is 22.6 Å². The molecule has 100 valence electrons. The standard InChI is InChI=1S/C17H15NO2/c1-11-7-8-15(12(2)9-11)18-17(19)14-10-20-16-6-4-3-5-13(14)16/h3-10H,1-2H3,(H,18,19). The molecule has 1 aromatic heterocycles. The Morgan fingerprint density at radius 1 is 1.10 bits per heavy atom. The lowest BCUT2D eigenvalue weighted by Crippen LogP contribution is -2.12. The summed E-state index contributed by atoms with van der Waals surface area (Å²) in [6.07, 6.45) is 1.50. The molecule has 0 bridgehead atoms. The highest BCUT2D eigenvalue weighted by Gasteiger charge is 2.14. The summed E-state index contributed by atoms with van der Waals surface area (Å²) in [7, 11) is 0. The summed E-state index contributed by atoms with van der Waals surface area (Å²) in [5.74, 6) is -0.151. The average molecular weight is 265 g/mol. The van der Waals surface area contributed by atoms with E-state index >= 15 is 0 Å². The number of aryl methyl sites for hydroxylation is 2. The molecule has 0 saturated heterocycles. The third-order valence-corrected chi connectivity index (χ3v) is 3.36. The van der Waals surface area contributed by atoms with E-state index in [1.807, 2.05) is 56.3 Å². The molecule has 0 aliphatic carbocycles. The molecule has 0 atom stereocenters. The lowest BCUT2D eigenvalue weighted by atomic mass is 10.1. The third-order valence-electron chi connectivity index (χ3n) is 3.36. The Kier molecular flexibility index (Phi) is 3.03. The molecule has 1 N–H and O–H groups in total. The highest BCUT2D eigenvalue weighted by molar-refractivity contribution is 6.12. The molecule has 3 rings (SSSR count). The highest BCUT2D eigenvalue weighted by Crippen LogP contribution is 2.23. The third kappa shape index (κ3) is 2.18. The van der Waals surface area contributed by atoms with Crippen molar-refractivity contribution in [3.05, 3.63) is 65.4 Å². The first-order valence-corrected chi connectivity index (χ1v) is 6.50. The molecule has 0 aliphatic rings. The number of amides is 1. The second-order valence-electron chi connectivity index (χ2n) is 4.92. The van der Waals surface area contributed by atoms with Crippen molar-refractivity contribution in [1.82, 2.24) is 0 Å². The van der Waals surface area contributed by atoms with E-state index in [4.69, 9.17) is 4.42 Å². The number of carbonyl (C=O) groups is 1. The quantitative estimate of drug-likeness (QED) is 0.750. The van der Waals surface area contributed by atoms with Crippen LogP contribution in [0.2, 0.25) is 0 Å². The Morgan fingerprint density at radius 2 is 1.90 bits per heavy atom. The van der Waals surface area contributed by atoms with Crippen LogP contribution in [0.15, 0.2) is 53.1 Å². The molecule has 0 spiro atoms. The van der Waals surface area contributed by atoms with E-state index in [1.165, 1.54) is 11.8 Å². The van der Waals surface area contributed by atoms with Gasteiger partial charge in [0, 0.05) is 11.1 Å². The fraction of sp³-hybridized carbons (Fsp3) is 0.118. The van der Waals surface area contributed by atoms with Crippen LogP contribution in [-0.2, 0) is 0 Å². The summed E-state index contributed by atoms with van der Waals surface area (Å²) < 4.78 is 5.40. The maximum atomic E-state index is 12.4. The van der Waals surface area contributed by atoms with Crippen molar-refractivity contribution in [2.24, 2.45) is 0 Å². The van der Waals surface area contributed by atoms with Gasteiger partial charge in [0.2, 0.25) is 0 Å². The highest BCUT2D eigenvalue weighted by atomic mass is 16.3. The second kappa shape index (κ2) is 4.85. The van der Waals surface area contributed by atoms with Gasteiger partial charge in [-0.25, -0.2) is 0 Å². The van der Waals surface area contributed by atoms with E-state index in [9.17, 15) is 4.79 Å². The second-order valence-corrected chi connectivity index (χ2v) is 4.92. The Balaban J connectivity index is 1.93. The fourth-order valence-electron chi connectivity index (χ4n) is 2.30. The zero-order valence-corrected chi connectivity index (χ0v) is 11.4. The topological polar surface area (TPSA) is 42.2 Å². The average Bonchev–Trinajstić information content (AvgIpc) is 2.86. The van der Waals surface area contributed by atoms with Crippen LogP contribution in [0.1, 0.15) is 21.5 Å². The molecule has 1 amide bonds. The number of anilines is 1. The Bertz CT molecular complexity index is 787. The molecule has 0 saturated carbocycles. The Hall–Kier alpha value is -2.55. The van der Waals surface area contributed by atoms with Crippen molar-refractivity contribution < 1.29 is 9.21 Å². The Labute approximate surface area is 117 Å². The van der Waals surface area contributed by atoms with E-state index in [0.29, 0.717) is 5.56 Å². The van der Waals surface area contributed by atoms with E-state index in [-0.39, 0.29) is 5.91 Å². The molecule has 2 aromatic carbocycles. The first-order chi connectivity index (χ1) is 9.65. The number of hydrogen-bond donors (Lipinski definition) is 1. The summed E-state index contributed by atoms with van der Waals surface area (Å²) in [6.45, 7) is 4.01. The SMILES string of the molecule is Cc1ccc(NC(=O)c2coc3ccccc23)c(C)c1. The van der Waals surface area contributed by atoms with Crippen LogP contribution in [-0.4, -0.2) is 5.91 Å². The van der Waals surface area contributed by atoms with Crippen molar-refractivity contribution in [1.29, 1.82) is 0 Å². The van der Waals surface area contributed by atoms with E-state index in [2.05, 4.69) is 5.32 Å². The number of hydrogen-bond acceptors (Lipinski definition) is 2. The maximum Gasteiger partial charge on any atom is 0.259 e. The smallest absolute Gasteiger partial charge is 0.259 e. The number of furan rings is 1. The van der Waals surface area contributed by atoms with Gasteiger partial charge in [0.05, 0.1) is 5.56 Å². The number of rotatable bonds is 2. The van der Waals surface area contributed by atoms with Crippen molar-refractivity contribution in [3.8, 4) is 0 Å². The lowest BCUT2D eigenvalue weighted by Gasteiger charge is -2.08. The van der Waals surface area contributed by atoms with Gasteiger partial charge in [-0.05, 0) is 31.5 Å². The Morgan fingerprint density at radius 3 is 2.70 bits per heavy atom. The maximum absolute atomic E-state index is 12.4. The summed E-state index contributed by atoms with van der Waals surface area (Å²) in [4.78, 5) is 12.4. The zero-order valence-electron chi connectivity index (χ0n) is 11.4. The summed E-state index contributed by atoms with van der Waals surface area (Å²) in [5, 5.41) is 3.76. The fourth-order valence-corrected chi connectivity index (χ4v) is 2.30. The summed E-state index contributed by atoms with van der Waals surface area (Å²) >= 11 is 0. The first kappa shape index (κ1) is 12.5. The monoisotopic (exact) mass is 265 g/mol. The molecule has 3 heteroatoms. The van der Waals surface area contributed by atoms with Crippen LogP contribution >= 0.6 is 0 Å². The number of para-hydroxylation sites is 1. The van der Waals surface area contributed by atoms with E-state index in [1.54, 1.807) is 0 Å². The van der Waals surface area contributed by atoms with Gasteiger partial charge in [0.25, 0.3) is 5.91 Å². The molecular formula is C17H15NO2. The van der Waals surface area contributed by atoms with E-state index in [0.717, 1.165) is 22.2 Å². The van der Waals surface area contributed by atoms with Crippen molar-refractivity contribution in [2.45, 2.75) is 13.8 Å². The van der Waals surface area contributed by atoms with E-state index < -0.39 is 0 Å². The van der Waals surface area contributed by atoms with Gasteiger partial charge >= 0.3 is 0 Å². The predicted octanol–water partition coefficient (Wildman–Crippen LogP) is 4.30. The number of benzene rings is 2. The van der Waals surface area contributed by atoms with Gasteiger partial charge in [-0.2, -0.15) is 0 Å². The summed E-state index contributed by atoms with van der Waals surface area (Å²) in [5.41, 5.74) is 4.32. The van der Waals surface area contributed by atoms with Crippen LogP contribution in [0.3, 0.4) is 0 Å². The van der Waals surface area contributed by atoms with Crippen molar-refractivity contribution in [3.63, 3.8) is 0 Å². The summed E-state index contributed by atoms with van der Waals surface area (Å²) in [6, 6.07) is 13.5. The van der Waals surface area contributed by atoms with Crippen molar-refractivity contribution in [2.75, 3.05) is 5.32 Å². The number of fused-ring (bicyclic) bond motifs is 1. The molecule has 3 aromatic rings. The lowest BCUT2D eigenvalue weighted by molar-refractivity contribution is 0.102. The predicted molar refractivity (Wildman–Crippen MR) is 80.1 cm³/mol. The van der Waals surface area contributed by atoms with Crippen LogP contribution in [0, 0.1) is 13.8 Å². The van der Waals surface area contributed by atoms with Gasteiger partial charge in [-0.3, -0.25) is 4.79 Å². The number of nitrogens with one attached hydrogen (secondary N) is 1. The van der Waals surface area contributed by atoms with Gasteiger partial charge in [0.15, 0.2) is 0 Å². The zero-order chi connectivity index (χ0) is 14.1. The molecule has 0 aliphatic heterocycles. The molecule has 20 heavy (non-hydrogen) atoms. The van der Waals surface area contributed by atoms with Crippen LogP contribution in [0.25, 0.3) is 11.0 Å². The largest absolute Gasteiger partial charge is 0.463 e. The minimum atomic E-state index is -0.151. The van der Waals surface area contributed by atoms with Crippen LogP contribution < -0.4 is 5.32 Å². The molecule has 0 fully saturated rings. The molecule has 0 unspecified atom stereocenters. The molecule has 0 radical (unpaired) electrons. The van der Waals surface area contributed by atoms with Gasteiger partial charge in [0.1, 0.15) is 11.8 Å². The van der Waals surface area contributed by atoms with Gasteiger partial charge < -0.3 is 9.73 Å². The van der Waals surface area contributed by atoms with Crippen LogP contribution in [0.4, 0.5) is 5.69 Å². The minimum Gasteiger partial charge on any atom is -0.463 e. The van der Waals surface area contributed by atoms with Gasteiger partial charge in [-0.15, -0.1) is 0 Å². The van der Waals surface area contributed by atoms with Gasteiger partial charge in [-0.1, -0.05) is 35.9 Å².